The molecule has 0 saturated heterocycles. The summed E-state index contributed by atoms with van der Waals surface area (Å²) in [6.45, 7) is 4.28. The van der Waals surface area contributed by atoms with Crippen LogP contribution in [-0.2, 0) is 0 Å². The number of nitrogens with zero attached hydrogens (tertiary/aromatic N) is 3. The van der Waals surface area contributed by atoms with E-state index in [9.17, 15) is 0 Å². The third-order valence-electron chi connectivity index (χ3n) is 4.16. The number of aromatic nitrogens is 3. The fourth-order valence-electron chi connectivity index (χ4n) is 3.03. The van der Waals surface area contributed by atoms with Crippen LogP contribution in [0.2, 0.25) is 0 Å². The molecule has 0 bridgehead atoms. The summed E-state index contributed by atoms with van der Waals surface area (Å²) in [5.41, 5.74) is 4.08. The maximum atomic E-state index is 4.69. The lowest BCUT2D eigenvalue weighted by Gasteiger charge is -2.10. The zero-order chi connectivity index (χ0) is 15.8. The number of rotatable bonds is 2. The Balaban J connectivity index is 1.96. The average molecular weight is 299 g/mol. The molecule has 2 heterocycles. The number of pyridine rings is 1. The van der Waals surface area contributed by atoms with Crippen LogP contribution in [-0.4, -0.2) is 15.0 Å². The molecular formula is C20H17N3. The van der Waals surface area contributed by atoms with Crippen molar-refractivity contribution in [3.8, 4) is 11.3 Å². The minimum atomic E-state index is 0.353. The second-order valence-corrected chi connectivity index (χ2v) is 6.03. The molecule has 2 aromatic carbocycles. The van der Waals surface area contributed by atoms with E-state index < -0.39 is 0 Å². The van der Waals surface area contributed by atoms with Gasteiger partial charge in [0.05, 0.1) is 16.9 Å². The molecular weight excluding hydrogens is 282 g/mol. The molecule has 0 N–H and O–H groups in total. The Labute approximate surface area is 135 Å². The fourth-order valence-corrected chi connectivity index (χ4v) is 3.03. The Bertz CT molecular complexity index is 1000. The molecule has 3 nitrogen and oxygen atoms in total. The number of benzene rings is 2. The monoisotopic (exact) mass is 299 g/mol. The zero-order valence-electron chi connectivity index (χ0n) is 13.2. The van der Waals surface area contributed by atoms with Gasteiger partial charge < -0.3 is 0 Å². The van der Waals surface area contributed by atoms with Gasteiger partial charge in [-0.3, -0.25) is 4.98 Å². The van der Waals surface area contributed by atoms with Crippen LogP contribution >= 0.6 is 0 Å². The quantitative estimate of drug-likeness (QED) is 0.524. The van der Waals surface area contributed by atoms with Crippen molar-refractivity contribution in [3.05, 3.63) is 66.7 Å². The van der Waals surface area contributed by atoms with E-state index in [1.807, 2.05) is 6.20 Å². The summed E-state index contributed by atoms with van der Waals surface area (Å²) < 4.78 is 0. The zero-order valence-corrected chi connectivity index (χ0v) is 13.2. The fraction of sp³-hybridized carbons (Fsp3) is 0.150. The van der Waals surface area contributed by atoms with Gasteiger partial charge in [-0.1, -0.05) is 56.3 Å². The minimum absolute atomic E-state index is 0.353. The van der Waals surface area contributed by atoms with Crippen LogP contribution < -0.4 is 0 Å². The van der Waals surface area contributed by atoms with E-state index in [0.717, 1.165) is 27.9 Å². The van der Waals surface area contributed by atoms with Crippen molar-refractivity contribution in [2.45, 2.75) is 19.8 Å². The molecule has 3 heteroatoms. The van der Waals surface area contributed by atoms with Gasteiger partial charge in [0, 0.05) is 17.1 Å². The summed E-state index contributed by atoms with van der Waals surface area (Å²) in [7, 11) is 0. The molecule has 4 rings (SSSR count). The average Bonchev–Trinajstić information content (AvgIpc) is 2.60. The third kappa shape index (κ3) is 2.34. The molecule has 0 unspecified atom stereocenters. The Morgan fingerprint density at radius 2 is 1.65 bits per heavy atom. The van der Waals surface area contributed by atoms with Gasteiger partial charge in [0.2, 0.25) is 0 Å². The molecule has 0 atom stereocenters. The molecule has 0 aliphatic heterocycles. The van der Waals surface area contributed by atoms with Gasteiger partial charge in [-0.2, -0.15) is 0 Å². The van der Waals surface area contributed by atoms with Gasteiger partial charge in [0.15, 0.2) is 0 Å². The molecule has 0 aliphatic carbocycles. The lowest BCUT2D eigenvalue weighted by atomic mass is 10.0. The first kappa shape index (κ1) is 13.8. The van der Waals surface area contributed by atoms with Crippen molar-refractivity contribution in [1.82, 2.24) is 15.0 Å². The maximum Gasteiger partial charge on any atom is 0.116 e. The first-order valence-electron chi connectivity index (χ1n) is 7.83. The van der Waals surface area contributed by atoms with Crippen molar-refractivity contribution < 1.29 is 0 Å². The van der Waals surface area contributed by atoms with Crippen LogP contribution in [0.1, 0.15) is 25.5 Å². The topological polar surface area (TPSA) is 38.7 Å². The number of fused-ring (bicyclic) bond motifs is 2. The molecule has 0 fully saturated rings. The third-order valence-corrected chi connectivity index (χ3v) is 4.16. The molecule has 0 spiro atoms. The Morgan fingerprint density at radius 3 is 2.52 bits per heavy atom. The van der Waals surface area contributed by atoms with E-state index in [0.29, 0.717) is 5.92 Å². The Kier molecular flexibility index (Phi) is 3.27. The predicted octanol–water partition coefficient (Wildman–Crippen LogP) is 4.97. The van der Waals surface area contributed by atoms with Gasteiger partial charge in [0.1, 0.15) is 6.33 Å². The van der Waals surface area contributed by atoms with Crippen LogP contribution in [0.15, 0.2) is 61.1 Å². The largest absolute Gasteiger partial charge is 0.255 e. The molecule has 0 radical (unpaired) electrons. The van der Waals surface area contributed by atoms with E-state index in [1.165, 1.54) is 10.8 Å². The first-order valence-corrected chi connectivity index (χ1v) is 7.83. The summed E-state index contributed by atoms with van der Waals surface area (Å²) in [4.78, 5) is 13.5. The van der Waals surface area contributed by atoms with E-state index in [4.69, 9.17) is 4.98 Å². The number of hydrogen-bond donors (Lipinski definition) is 0. The van der Waals surface area contributed by atoms with Crippen LogP contribution in [0.25, 0.3) is 32.9 Å². The van der Waals surface area contributed by atoms with E-state index >= 15 is 0 Å². The molecule has 2 aromatic heterocycles. The van der Waals surface area contributed by atoms with E-state index in [-0.39, 0.29) is 0 Å². The summed E-state index contributed by atoms with van der Waals surface area (Å²) in [5, 5.41) is 3.46. The Hall–Kier alpha value is -2.81. The van der Waals surface area contributed by atoms with Crippen molar-refractivity contribution in [2.75, 3.05) is 0 Å². The van der Waals surface area contributed by atoms with Crippen molar-refractivity contribution >= 4 is 21.7 Å². The van der Waals surface area contributed by atoms with Crippen molar-refractivity contribution in [2.24, 2.45) is 0 Å². The smallest absolute Gasteiger partial charge is 0.116 e. The molecule has 4 aromatic rings. The highest BCUT2D eigenvalue weighted by molar-refractivity contribution is 5.97. The predicted molar refractivity (Wildman–Crippen MR) is 94.4 cm³/mol. The van der Waals surface area contributed by atoms with Crippen LogP contribution in [0.3, 0.4) is 0 Å². The van der Waals surface area contributed by atoms with E-state index in [2.05, 4.69) is 72.3 Å². The summed E-state index contributed by atoms with van der Waals surface area (Å²) >= 11 is 0. The van der Waals surface area contributed by atoms with Gasteiger partial charge in [0.25, 0.3) is 0 Å². The van der Waals surface area contributed by atoms with Gasteiger partial charge in [-0.25, -0.2) is 9.97 Å². The lowest BCUT2D eigenvalue weighted by Crippen LogP contribution is -1.97. The minimum Gasteiger partial charge on any atom is -0.255 e. The lowest BCUT2D eigenvalue weighted by molar-refractivity contribution is 0.828. The molecule has 112 valence electrons. The van der Waals surface area contributed by atoms with Crippen LogP contribution in [0.5, 0.6) is 0 Å². The SMILES string of the molecule is CC(C)c1ncnc2cc(-c3cccc4ccccc34)ncc12. The van der Waals surface area contributed by atoms with Crippen LogP contribution in [0.4, 0.5) is 0 Å². The summed E-state index contributed by atoms with van der Waals surface area (Å²) in [6, 6.07) is 16.7. The van der Waals surface area contributed by atoms with Gasteiger partial charge >= 0.3 is 0 Å². The maximum absolute atomic E-state index is 4.69. The van der Waals surface area contributed by atoms with Gasteiger partial charge in [-0.05, 0) is 22.8 Å². The van der Waals surface area contributed by atoms with E-state index in [1.54, 1.807) is 6.33 Å². The highest BCUT2D eigenvalue weighted by Gasteiger charge is 2.11. The van der Waals surface area contributed by atoms with Crippen molar-refractivity contribution in [3.63, 3.8) is 0 Å². The molecule has 23 heavy (non-hydrogen) atoms. The standard InChI is InChI=1S/C20H17N3/c1-13(2)20-17-11-21-18(10-19(17)22-12-23-20)16-9-5-7-14-6-3-4-8-15(14)16/h3-13H,1-2H3. The first-order chi connectivity index (χ1) is 11.2. The summed E-state index contributed by atoms with van der Waals surface area (Å²) in [5.74, 6) is 0.353. The highest BCUT2D eigenvalue weighted by atomic mass is 14.8. The normalized spacial score (nSPS) is 11.4. The van der Waals surface area contributed by atoms with Gasteiger partial charge in [-0.15, -0.1) is 0 Å². The molecule has 0 aliphatic rings. The second-order valence-electron chi connectivity index (χ2n) is 6.03. The van der Waals surface area contributed by atoms with Crippen molar-refractivity contribution in [1.29, 1.82) is 0 Å². The molecule has 0 saturated carbocycles. The highest BCUT2D eigenvalue weighted by Crippen LogP contribution is 2.29. The Morgan fingerprint density at radius 1 is 0.826 bits per heavy atom. The molecule has 0 amide bonds. The number of hydrogen-bond acceptors (Lipinski definition) is 3. The summed E-state index contributed by atoms with van der Waals surface area (Å²) in [6.07, 6.45) is 3.55. The van der Waals surface area contributed by atoms with Crippen LogP contribution in [0, 0.1) is 0 Å². The second kappa shape index (κ2) is 5.43.